The summed E-state index contributed by atoms with van der Waals surface area (Å²) in [5.74, 6) is -0.538. The van der Waals surface area contributed by atoms with Crippen molar-refractivity contribution in [3.8, 4) is 5.75 Å². The van der Waals surface area contributed by atoms with Crippen LogP contribution in [0.2, 0.25) is 0 Å². The highest BCUT2D eigenvalue weighted by Gasteiger charge is 2.28. The van der Waals surface area contributed by atoms with Gasteiger partial charge >= 0.3 is 15.8 Å². The minimum atomic E-state index is -4.03. The fraction of sp³-hybridized carbons (Fsp3) is 0.0909. The average Bonchev–Trinajstić information content (AvgIpc) is 2.36. The van der Waals surface area contributed by atoms with Crippen molar-refractivity contribution in [3.63, 3.8) is 0 Å². The van der Waals surface area contributed by atoms with E-state index in [-0.39, 0.29) is 10.8 Å². The number of rotatable bonds is 4. The van der Waals surface area contributed by atoms with Crippen LogP contribution in [0.5, 0.6) is 5.75 Å². The van der Waals surface area contributed by atoms with Crippen molar-refractivity contribution in [1.82, 2.24) is 0 Å². The zero-order valence-electron chi connectivity index (χ0n) is 10.5. The van der Waals surface area contributed by atoms with Crippen LogP contribution >= 0.6 is 0 Å². The van der Waals surface area contributed by atoms with Crippen molar-refractivity contribution in [2.45, 2.75) is 0 Å². The molecule has 110 valence electrons. The third kappa shape index (κ3) is 2.89. The molecule has 0 radical (unpaired) electrons. The highest BCUT2D eigenvalue weighted by molar-refractivity contribution is 7.86. The van der Waals surface area contributed by atoms with Crippen molar-refractivity contribution >= 4 is 32.3 Å². The van der Waals surface area contributed by atoms with E-state index in [2.05, 4.69) is 4.18 Å². The van der Waals surface area contributed by atoms with Gasteiger partial charge in [0.25, 0.3) is 5.69 Å². The van der Waals surface area contributed by atoms with Crippen molar-refractivity contribution in [3.05, 3.63) is 50.6 Å². The first-order valence-electron chi connectivity index (χ1n) is 5.44. The molecule has 0 aliphatic rings. The molecule has 0 aromatic heterocycles. The van der Waals surface area contributed by atoms with Crippen LogP contribution in [0.1, 0.15) is 0 Å². The zero-order valence-corrected chi connectivity index (χ0v) is 11.4. The number of nitro benzene ring substituents is 2. The Kier molecular flexibility index (Phi) is 3.47. The Morgan fingerprint density at radius 3 is 2.00 bits per heavy atom. The summed E-state index contributed by atoms with van der Waals surface area (Å²) in [7, 11) is -4.03. The van der Waals surface area contributed by atoms with Gasteiger partial charge in [-0.2, -0.15) is 8.42 Å². The van der Waals surface area contributed by atoms with Gasteiger partial charge in [-0.25, -0.2) is 0 Å². The Morgan fingerprint density at radius 1 is 1.00 bits per heavy atom. The summed E-state index contributed by atoms with van der Waals surface area (Å²) in [6.45, 7) is 0. The van der Waals surface area contributed by atoms with Crippen molar-refractivity contribution in [1.29, 1.82) is 0 Å². The molecule has 21 heavy (non-hydrogen) atoms. The van der Waals surface area contributed by atoms with Gasteiger partial charge in [-0.15, -0.1) is 0 Å². The van der Waals surface area contributed by atoms with Crippen LogP contribution in [-0.4, -0.2) is 24.5 Å². The van der Waals surface area contributed by atoms with Gasteiger partial charge < -0.3 is 4.18 Å². The first-order valence-corrected chi connectivity index (χ1v) is 7.26. The maximum atomic E-state index is 11.3. The molecular formula is C11H8N2O7S. The van der Waals surface area contributed by atoms with E-state index in [0.29, 0.717) is 6.07 Å². The Balaban J connectivity index is 2.94. The molecule has 0 aliphatic carbocycles. The predicted molar refractivity (Wildman–Crippen MR) is 72.7 cm³/mol. The van der Waals surface area contributed by atoms with Gasteiger partial charge in [0.15, 0.2) is 0 Å². The van der Waals surface area contributed by atoms with Crippen LogP contribution in [0, 0.1) is 20.2 Å². The number of benzene rings is 2. The number of fused-ring (bicyclic) bond motifs is 1. The van der Waals surface area contributed by atoms with Gasteiger partial charge in [0.05, 0.1) is 27.6 Å². The third-order valence-electron chi connectivity index (χ3n) is 2.58. The van der Waals surface area contributed by atoms with E-state index in [1.54, 1.807) is 0 Å². The molecular weight excluding hydrogens is 304 g/mol. The molecule has 0 saturated heterocycles. The summed E-state index contributed by atoms with van der Waals surface area (Å²) < 4.78 is 27.2. The van der Waals surface area contributed by atoms with Crippen LogP contribution in [-0.2, 0) is 10.1 Å². The Hall–Kier alpha value is -2.75. The Morgan fingerprint density at radius 2 is 1.52 bits per heavy atom. The standard InChI is InChI=1S/C11H8N2O7S/c1-21(18,19)20-11-8-5-3-2-4-7(8)9(12(14)15)6-10(11)13(16)17/h2-6H,1H3. The first kappa shape index (κ1) is 14.7. The molecule has 0 bridgehead atoms. The van der Waals surface area contributed by atoms with Crippen LogP contribution in [0.3, 0.4) is 0 Å². The maximum Gasteiger partial charge on any atom is 0.320 e. The van der Waals surface area contributed by atoms with E-state index >= 15 is 0 Å². The second kappa shape index (κ2) is 4.98. The molecule has 0 N–H and O–H groups in total. The van der Waals surface area contributed by atoms with Gasteiger partial charge in [0.1, 0.15) is 0 Å². The lowest BCUT2D eigenvalue weighted by Gasteiger charge is -2.08. The van der Waals surface area contributed by atoms with Gasteiger partial charge in [-0.3, -0.25) is 20.2 Å². The van der Waals surface area contributed by atoms with E-state index in [9.17, 15) is 28.6 Å². The molecule has 0 unspecified atom stereocenters. The lowest BCUT2D eigenvalue weighted by atomic mass is 10.1. The summed E-state index contributed by atoms with van der Waals surface area (Å²) in [6, 6.07) is 6.31. The number of hydrogen-bond donors (Lipinski definition) is 0. The average molecular weight is 312 g/mol. The molecule has 0 spiro atoms. The number of hydrogen-bond acceptors (Lipinski definition) is 7. The number of nitro groups is 2. The van der Waals surface area contributed by atoms with E-state index in [1.807, 2.05) is 0 Å². The quantitative estimate of drug-likeness (QED) is 0.479. The van der Waals surface area contributed by atoms with Crippen molar-refractivity contribution in [2.24, 2.45) is 0 Å². The minimum Gasteiger partial charge on any atom is -0.375 e. The molecule has 2 aromatic carbocycles. The predicted octanol–water partition coefficient (Wildman–Crippen LogP) is 1.99. The summed E-state index contributed by atoms with van der Waals surface area (Å²) >= 11 is 0. The highest BCUT2D eigenvalue weighted by atomic mass is 32.2. The third-order valence-corrected chi connectivity index (χ3v) is 3.05. The minimum absolute atomic E-state index is 0.0242. The first-order chi connectivity index (χ1) is 9.70. The molecule has 9 nitrogen and oxygen atoms in total. The van der Waals surface area contributed by atoms with Gasteiger partial charge in [-0.05, 0) is 6.07 Å². The lowest BCUT2D eigenvalue weighted by molar-refractivity contribution is -0.393. The molecule has 0 atom stereocenters. The zero-order chi connectivity index (χ0) is 15.8. The molecule has 10 heteroatoms. The molecule has 2 aromatic rings. The van der Waals surface area contributed by atoms with Crippen LogP contribution in [0.15, 0.2) is 30.3 Å². The molecule has 2 rings (SSSR count). The maximum absolute atomic E-state index is 11.3. The van der Waals surface area contributed by atoms with Crippen LogP contribution in [0.4, 0.5) is 11.4 Å². The summed E-state index contributed by atoms with van der Waals surface area (Å²) in [4.78, 5) is 20.3. The molecule has 0 amide bonds. The SMILES string of the molecule is CS(=O)(=O)Oc1c([N+](=O)[O-])cc([N+](=O)[O-])c2ccccc12. The molecule has 0 fully saturated rings. The summed E-state index contributed by atoms with van der Waals surface area (Å²) in [5, 5.41) is 22.1. The number of non-ortho nitro benzene ring substituents is 1. The smallest absolute Gasteiger partial charge is 0.320 e. The molecule has 0 saturated carbocycles. The van der Waals surface area contributed by atoms with Crippen LogP contribution in [0.25, 0.3) is 10.8 Å². The Labute approximate surface area is 118 Å². The number of nitrogens with zero attached hydrogens (tertiary/aromatic N) is 2. The summed E-state index contributed by atoms with van der Waals surface area (Å²) in [5.41, 5.74) is -1.29. The molecule has 0 heterocycles. The highest BCUT2D eigenvalue weighted by Crippen LogP contribution is 2.41. The second-order valence-electron chi connectivity index (χ2n) is 4.09. The fourth-order valence-electron chi connectivity index (χ4n) is 1.84. The molecule has 0 aliphatic heterocycles. The van der Waals surface area contributed by atoms with Crippen LogP contribution < -0.4 is 4.18 Å². The summed E-state index contributed by atoms with van der Waals surface area (Å²) in [6.07, 6.45) is 0.729. The van der Waals surface area contributed by atoms with E-state index in [0.717, 1.165) is 6.26 Å². The normalized spacial score (nSPS) is 11.3. The van der Waals surface area contributed by atoms with Gasteiger partial charge in [0, 0.05) is 5.39 Å². The Bertz CT molecular complexity index is 860. The van der Waals surface area contributed by atoms with E-state index in [1.165, 1.54) is 24.3 Å². The van der Waals surface area contributed by atoms with E-state index < -0.39 is 37.1 Å². The van der Waals surface area contributed by atoms with Crippen molar-refractivity contribution in [2.75, 3.05) is 6.26 Å². The lowest BCUT2D eigenvalue weighted by Crippen LogP contribution is -2.08. The topological polar surface area (TPSA) is 130 Å². The van der Waals surface area contributed by atoms with Crippen molar-refractivity contribution < 1.29 is 22.4 Å². The van der Waals surface area contributed by atoms with Gasteiger partial charge in [0.2, 0.25) is 5.75 Å². The largest absolute Gasteiger partial charge is 0.375 e. The van der Waals surface area contributed by atoms with E-state index in [4.69, 9.17) is 0 Å². The van der Waals surface area contributed by atoms with Gasteiger partial charge in [-0.1, -0.05) is 18.2 Å². The monoisotopic (exact) mass is 312 g/mol. The fourth-order valence-corrected chi connectivity index (χ4v) is 2.32. The second-order valence-corrected chi connectivity index (χ2v) is 5.67.